The molecule has 2 aliphatic heterocycles. The average Bonchev–Trinajstić information content (AvgIpc) is 3.10. The molecule has 5 nitrogen and oxygen atoms in total. The van der Waals surface area contributed by atoms with E-state index in [1.54, 1.807) is 11.3 Å². The monoisotopic (exact) mass is 401 g/mol. The Morgan fingerprint density at radius 3 is 2.79 bits per heavy atom. The van der Waals surface area contributed by atoms with Gasteiger partial charge < -0.3 is 14.5 Å². The molecule has 0 N–H and O–H groups in total. The van der Waals surface area contributed by atoms with Crippen molar-refractivity contribution < 1.29 is 9.53 Å². The number of carbonyl (C=O) groups is 1. The van der Waals surface area contributed by atoms with Crippen LogP contribution in [-0.2, 0) is 4.79 Å². The molecule has 3 heterocycles. The summed E-state index contributed by atoms with van der Waals surface area (Å²) in [5, 5.41) is 1.03. The minimum atomic E-state index is 0.0947. The van der Waals surface area contributed by atoms with Crippen molar-refractivity contribution in [1.82, 2.24) is 9.88 Å². The van der Waals surface area contributed by atoms with Gasteiger partial charge in [0.1, 0.15) is 5.75 Å². The number of piperidine rings is 2. The van der Waals surface area contributed by atoms with Crippen LogP contribution >= 0.6 is 11.3 Å². The van der Waals surface area contributed by atoms with E-state index < -0.39 is 0 Å². The van der Waals surface area contributed by atoms with Crippen LogP contribution in [0.15, 0.2) is 18.2 Å². The molecule has 0 saturated carbocycles. The average molecular weight is 402 g/mol. The molecule has 0 aliphatic carbocycles. The van der Waals surface area contributed by atoms with Crippen molar-refractivity contribution in [2.24, 2.45) is 17.8 Å². The number of ether oxygens (including phenoxy) is 1. The van der Waals surface area contributed by atoms with E-state index in [0.717, 1.165) is 60.1 Å². The zero-order chi connectivity index (χ0) is 19.7. The number of amides is 1. The molecule has 6 heteroatoms. The van der Waals surface area contributed by atoms with Crippen molar-refractivity contribution >= 4 is 32.6 Å². The molecule has 2 fully saturated rings. The van der Waals surface area contributed by atoms with Crippen LogP contribution in [0.1, 0.15) is 40.0 Å². The smallest absolute Gasteiger partial charge is 0.227 e. The summed E-state index contributed by atoms with van der Waals surface area (Å²) in [6, 6.07) is 6.09. The maximum atomic E-state index is 13.2. The van der Waals surface area contributed by atoms with E-state index in [9.17, 15) is 4.79 Å². The largest absolute Gasteiger partial charge is 0.494 e. The number of thiazole rings is 1. The van der Waals surface area contributed by atoms with Crippen LogP contribution in [0.3, 0.4) is 0 Å². The Hall–Kier alpha value is -1.82. The molecule has 3 atom stereocenters. The van der Waals surface area contributed by atoms with Crippen molar-refractivity contribution in [3.05, 3.63) is 18.2 Å². The zero-order valence-electron chi connectivity index (χ0n) is 17.2. The minimum Gasteiger partial charge on any atom is -0.494 e. The molecule has 2 aromatic rings. The molecule has 0 spiro atoms. The summed E-state index contributed by atoms with van der Waals surface area (Å²) in [6.45, 7) is 10.8. The van der Waals surface area contributed by atoms with E-state index in [4.69, 9.17) is 9.72 Å². The Morgan fingerprint density at radius 2 is 2.04 bits per heavy atom. The number of hydrogen-bond donors (Lipinski definition) is 0. The molecule has 0 bridgehead atoms. The predicted molar refractivity (Wildman–Crippen MR) is 115 cm³/mol. The van der Waals surface area contributed by atoms with E-state index in [1.165, 1.54) is 6.42 Å². The molecule has 2 aliphatic rings. The molecule has 1 aromatic carbocycles. The van der Waals surface area contributed by atoms with Gasteiger partial charge in [-0.3, -0.25) is 4.79 Å². The second-order valence-electron chi connectivity index (χ2n) is 8.53. The molecule has 152 valence electrons. The van der Waals surface area contributed by atoms with Gasteiger partial charge in [-0.05, 0) is 56.2 Å². The Labute approximate surface area is 171 Å². The number of carbonyl (C=O) groups excluding carboxylic acids is 1. The third-order valence-electron chi connectivity index (χ3n) is 5.88. The number of likely N-dealkylation sites (tertiary alicyclic amines) is 1. The molecule has 1 amide bonds. The van der Waals surface area contributed by atoms with Gasteiger partial charge in [0.05, 0.1) is 22.7 Å². The second-order valence-corrected chi connectivity index (χ2v) is 9.54. The lowest BCUT2D eigenvalue weighted by Crippen LogP contribution is -2.49. The third kappa shape index (κ3) is 4.12. The van der Waals surface area contributed by atoms with Crippen LogP contribution in [0, 0.1) is 17.8 Å². The number of aromatic nitrogens is 1. The summed E-state index contributed by atoms with van der Waals surface area (Å²) < 4.78 is 6.76. The minimum absolute atomic E-state index is 0.0947. The van der Waals surface area contributed by atoms with E-state index >= 15 is 0 Å². The fourth-order valence-electron chi connectivity index (χ4n) is 4.74. The molecule has 0 radical (unpaired) electrons. The fraction of sp³-hybridized carbons (Fsp3) is 0.636. The summed E-state index contributed by atoms with van der Waals surface area (Å²) in [7, 11) is 0. The predicted octanol–water partition coefficient (Wildman–Crippen LogP) is 4.42. The van der Waals surface area contributed by atoms with Crippen LogP contribution < -0.4 is 9.64 Å². The van der Waals surface area contributed by atoms with Crippen LogP contribution in [-0.4, -0.2) is 48.6 Å². The lowest BCUT2D eigenvalue weighted by molar-refractivity contribution is -0.138. The molecule has 1 aromatic heterocycles. The summed E-state index contributed by atoms with van der Waals surface area (Å²) in [4.78, 5) is 22.4. The molecule has 2 saturated heterocycles. The lowest BCUT2D eigenvalue weighted by atomic mass is 9.89. The van der Waals surface area contributed by atoms with E-state index in [1.807, 2.05) is 19.1 Å². The Morgan fingerprint density at radius 1 is 1.25 bits per heavy atom. The van der Waals surface area contributed by atoms with Crippen molar-refractivity contribution in [2.45, 2.75) is 40.0 Å². The van der Waals surface area contributed by atoms with Gasteiger partial charge in [-0.1, -0.05) is 25.2 Å². The van der Waals surface area contributed by atoms with Crippen molar-refractivity contribution in [2.75, 3.05) is 37.7 Å². The molecule has 4 rings (SSSR count). The highest BCUT2D eigenvalue weighted by molar-refractivity contribution is 7.22. The van der Waals surface area contributed by atoms with E-state index in [-0.39, 0.29) is 5.92 Å². The summed E-state index contributed by atoms with van der Waals surface area (Å²) in [6.07, 6.45) is 3.28. The number of rotatable bonds is 4. The second kappa shape index (κ2) is 8.27. The van der Waals surface area contributed by atoms with Crippen LogP contribution in [0.4, 0.5) is 5.13 Å². The highest BCUT2D eigenvalue weighted by Crippen LogP contribution is 2.34. The number of benzene rings is 1. The van der Waals surface area contributed by atoms with Crippen LogP contribution in [0.25, 0.3) is 10.2 Å². The first-order valence-electron chi connectivity index (χ1n) is 10.6. The normalized spacial score (nSPS) is 25.9. The van der Waals surface area contributed by atoms with Gasteiger partial charge in [-0.25, -0.2) is 4.98 Å². The van der Waals surface area contributed by atoms with Gasteiger partial charge >= 0.3 is 0 Å². The van der Waals surface area contributed by atoms with Crippen molar-refractivity contribution in [1.29, 1.82) is 0 Å². The van der Waals surface area contributed by atoms with Gasteiger partial charge in [-0.2, -0.15) is 0 Å². The molecular formula is C22H31N3O2S. The van der Waals surface area contributed by atoms with Crippen molar-refractivity contribution in [3.63, 3.8) is 0 Å². The van der Waals surface area contributed by atoms with Crippen molar-refractivity contribution in [3.8, 4) is 5.75 Å². The van der Waals surface area contributed by atoms with Crippen LogP contribution in [0.5, 0.6) is 5.75 Å². The number of nitrogens with zero attached hydrogens (tertiary/aromatic N) is 3. The Kier molecular flexibility index (Phi) is 5.76. The fourth-order valence-corrected chi connectivity index (χ4v) is 5.77. The van der Waals surface area contributed by atoms with Gasteiger partial charge in [-0.15, -0.1) is 0 Å². The topological polar surface area (TPSA) is 45.7 Å². The lowest BCUT2D eigenvalue weighted by Gasteiger charge is -2.39. The molecule has 28 heavy (non-hydrogen) atoms. The molecule has 0 unspecified atom stereocenters. The quantitative estimate of drug-likeness (QED) is 0.761. The van der Waals surface area contributed by atoms with Gasteiger partial charge in [0.25, 0.3) is 0 Å². The Bertz CT molecular complexity index is 826. The summed E-state index contributed by atoms with van der Waals surface area (Å²) >= 11 is 1.70. The van der Waals surface area contributed by atoms with Gasteiger partial charge in [0.15, 0.2) is 5.13 Å². The highest BCUT2D eigenvalue weighted by atomic mass is 32.1. The van der Waals surface area contributed by atoms with Gasteiger partial charge in [0.2, 0.25) is 5.91 Å². The summed E-state index contributed by atoms with van der Waals surface area (Å²) in [5.41, 5.74) is 1.01. The first kappa shape index (κ1) is 19.5. The molecular weight excluding hydrogens is 370 g/mol. The number of fused-ring (bicyclic) bond motifs is 1. The first-order valence-corrected chi connectivity index (χ1v) is 11.4. The highest BCUT2D eigenvalue weighted by Gasteiger charge is 2.33. The number of anilines is 1. The van der Waals surface area contributed by atoms with Crippen LogP contribution in [0.2, 0.25) is 0 Å². The zero-order valence-corrected chi connectivity index (χ0v) is 18.0. The van der Waals surface area contributed by atoms with E-state index in [2.05, 4.69) is 29.7 Å². The van der Waals surface area contributed by atoms with Gasteiger partial charge in [0, 0.05) is 26.2 Å². The number of hydrogen-bond acceptors (Lipinski definition) is 5. The van der Waals surface area contributed by atoms with E-state index in [0.29, 0.717) is 24.3 Å². The SMILES string of the molecule is CCOc1ccc2nc(N3CCC[C@H](C(=O)N4C[C@H](C)C[C@@H](C)C4)C3)sc2c1. The first-order chi connectivity index (χ1) is 13.5. The third-order valence-corrected chi connectivity index (χ3v) is 6.96. The Balaban J connectivity index is 1.47. The standard InChI is InChI=1S/C22H31N3O2S/c1-4-27-18-7-8-19-20(11-18)28-22(23-19)24-9-5-6-17(14-24)21(26)25-12-15(2)10-16(3)13-25/h7-8,11,15-17H,4-6,9-10,12-14H2,1-3H3/t15-,16-,17+/m1/s1. The summed E-state index contributed by atoms with van der Waals surface area (Å²) in [5.74, 6) is 2.55. The maximum absolute atomic E-state index is 13.2. The maximum Gasteiger partial charge on any atom is 0.227 e.